The molecule has 0 aromatic carbocycles. The van der Waals surface area contributed by atoms with Crippen LogP contribution < -0.4 is 5.32 Å². The Kier molecular flexibility index (Phi) is 4.73. The minimum absolute atomic E-state index is 0.162. The molecule has 3 nitrogen and oxygen atoms in total. The van der Waals surface area contributed by atoms with Gasteiger partial charge in [0.15, 0.2) is 0 Å². The van der Waals surface area contributed by atoms with E-state index in [1.165, 1.54) is 43.6 Å². The van der Waals surface area contributed by atoms with Crippen molar-refractivity contribution in [3.05, 3.63) is 0 Å². The molecule has 3 fully saturated rings. The topological polar surface area (TPSA) is 30.5 Å². The number of nitrogens with one attached hydrogen (secondary N) is 1. The molecule has 110 valence electrons. The lowest BCUT2D eigenvalue weighted by Crippen LogP contribution is -2.44. The van der Waals surface area contributed by atoms with Crippen molar-refractivity contribution >= 4 is 11.8 Å². The van der Waals surface area contributed by atoms with E-state index in [0.29, 0.717) is 18.2 Å². The Bertz CT molecular complexity index is 286. The van der Waals surface area contributed by atoms with Crippen molar-refractivity contribution in [2.45, 2.75) is 68.8 Å². The SMILES string of the molecule is CNC1CCC(OC2CCOC3(CCSC3)C2)CC1. The van der Waals surface area contributed by atoms with Crippen LogP contribution in [0.15, 0.2) is 0 Å². The molecule has 2 heterocycles. The Morgan fingerprint density at radius 2 is 2.00 bits per heavy atom. The van der Waals surface area contributed by atoms with Gasteiger partial charge in [-0.2, -0.15) is 11.8 Å². The van der Waals surface area contributed by atoms with E-state index in [-0.39, 0.29) is 5.60 Å². The smallest absolute Gasteiger partial charge is 0.0805 e. The third-order valence-electron chi connectivity index (χ3n) is 4.98. The van der Waals surface area contributed by atoms with Gasteiger partial charge in [0.05, 0.1) is 17.8 Å². The summed E-state index contributed by atoms with van der Waals surface area (Å²) in [6, 6.07) is 0.715. The van der Waals surface area contributed by atoms with E-state index in [4.69, 9.17) is 9.47 Å². The fraction of sp³-hybridized carbons (Fsp3) is 1.00. The van der Waals surface area contributed by atoms with E-state index < -0.39 is 0 Å². The lowest BCUT2D eigenvalue weighted by atomic mass is 9.90. The molecular weight excluding hydrogens is 258 g/mol. The van der Waals surface area contributed by atoms with E-state index in [1.54, 1.807) is 0 Å². The fourth-order valence-corrected chi connectivity index (χ4v) is 5.10. The largest absolute Gasteiger partial charge is 0.375 e. The second kappa shape index (κ2) is 6.33. The zero-order chi connectivity index (χ0) is 13.1. The molecule has 1 aliphatic carbocycles. The highest BCUT2D eigenvalue weighted by molar-refractivity contribution is 7.99. The van der Waals surface area contributed by atoms with E-state index in [9.17, 15) is 0 Å². The van der Waals surface area contributed by atoms with Crippen LogP contribution in [-0.2, 0) is 9.47 Å². The first-order chi connectivity index (χ1) is 9.30. The summed E-state index contributed by atoms with van der Waals surface area (Å²) in [6.45, 7) is 0.900. The minimum Gasteiger partial charge on any atom is -0.375 e. The monoisotopic (exact) mass is 285 g/mol. The van der Waals surface area contributed by atoms with Crippen LogP contribution in [0.1, 0.15) is 44.9 Å². The average molecular weight is 285 g/mol. The molecule has 2 aliphatic heterocycles. The minimum atomic E-state index is 0.162. The molecule has 4 heteroatoms. The van der Waals surface area contributed by atoms with Crippen molar-refractivity contribution < 1.29 is 9.47 Å². The third-order valence-corrected chi connectivity index (χ3v) is 6.21. The van der Waals surface area contributed by atoms with Crippen LogP contribution in [0.4, 0.5) is 0 Å². The molecule has 19 heavy (non-hydrogen) atoms. The predicted octanol–water partition coefficient (Wildman–Crippen LogP) is 2.59. The molecule has 1 N–H and O–H groups in total. The summed E-state index contributed by atoms with van der Waals surface area (Å²) in [5.41, 5.74) is 0.162. The highest BCUT2D eigenvalue weighted by Gasteiger charge is 2.41. The Labute approximate surface area is 121 Å². The summed E-state index contributed by atoms with van der Waals surface area (Å²) in [4.78, 5) is 0. The average Bonchev–Trinajstić information content (AvgIpc) is 2.88. The van der Waals surface area contributed by atoms with Gasteiger partial charge in [-0.15, -0.1) is 0 Å². The van der Waals surface area contributed by atoms with Crippen LogP contribution in [0.3, 0.4) is 0 Å². The zero-order valence-corrected chi connectivity index (χ0v) is 12.8. The molecule has 0 aromatic heterocycles. The molecule has 2 saturated heterocycles. The maximum atomic E-state index is 6.39. The second-order valence-corrected chi connectivity index (χ2v) is 7.45. The van der Waals surface area contributed by atoms with Crippen molar-refractivity contribution in [3.8, 4) is 0 Å². The van der Waals surface area contributed by atoms with E-state index in [2.05, 4.69) is 12.4 Å². The Hall–Kier alpha value is 0.230. The molecule has 2 unspecified atom stereocenters. The van der Waals surface area contributed by atoms with Crippen LogP contribution in [-0.4, -0.2) is 49.0 Å². The highest BCUT2D eigenvalue weighted by atomic mass is 32.2. The molecule has 3 rings (SSSR count). The van der Waals surface area contributed by atoms with E-state index >= 15 is 0 Å². The Morgan fingerprint density at radius 1 is 1.16 bits per heavy atom. The summed E-state index contributed by atoms with van der Waals surface area (Å²) in [7, 11) is 2.08. The molecule has 1 spiro atoms. The van der Waals surface area contributed by atoms with Gasteiger partial charge in [0, 0.05) is 24.8 Å². The van der Waals surface area contributed by atoms with Crippen LogP contribution in [0, 0.1) is 0 Å². The van der Waals surface area contributed by atoms with Gasteiger partial charge in [0.2, 0.25) is 0 Å². The van der Waals surface area contributed by atoms with E-state index in [1.807, 2.05) is 11.8 Å². The van der Waals surface area contributed by atoms with Gasteiger partial charge in [-0.25, -0.2) is 0 Å². The van der Waals surface area contributed by atoms with Crippen molar-refractivity contribution in [2.24, 2.45) is 0 Å². The summed E-state index contributed by atoms with van der Waals surface area (Å²) < 4.78 is 12.5. The van der Waals surface area contributed by atoms with Crippen molar-refractivity contribution in [2.75, 3.05) is 25.2 Å². The zero-order valence-electron chi connectivity index (χ0n) is 12.0. The van der Waals surface area contributed by atoms with Crippen LogP contribution in [0.2, 0.25) is 0 Å². The highest BCUT2D eigenvalue weighted by Crippen LogP contribution is 2.39. The van der Waals surface area contributed by atoms with Gasteiger partial charge in [-0.3, -0.25) is 0 Å². The summed E-state index contributed by atoms with van der Waals surface area (Å²) in [6.07, 6.45) is 9.39. The number of hydrogen-bond acceptors (Lipinski definition) is 4. The maximum absolute atomic E-state index is 6.39. The van der Waals surface area contributed by atoms with Gasteiger partial charge in [0.25, 0.3) is 0 Å². The van der Waals surface area contributed by atoms with Gasteiger partial charge >= 0.3 is 0 Å². The Morgan fingerprint density at radius 3 is 2.68 bits per heavy atom. The van der Waals surface area contributed by atoms with Gasteiger partial charge < -0.3 is 14.8 Å². The number of rotatable bonds is 3. The summed E-state index contributed by atoms with van der Waals surface area (Å²) in [5, 5.41) is 3.39. The normalized spacial score (nSPS) is 43.7. The molecule has 0 bridgehead atoms. The van der Waals surface area contributed by atoms with Crippen molar-refractivity contribution in [1.82, 2.24) is 5.32 Å². The van der Waals surface area contributed by atoms with Crippen LogP contribution in [0.5, 0.6) is 0 Å². The molecule has 2 atom stereocenters. The van der Waals surface area contributed by atoms with Crippen LogP contribution in [0.25, 0.3) is 0 Å². The maximum Gasteiger partial charge on any atom is 0.0805 e. The number of hydrogen-bond donors (Lipinski definition) is 1. The second-order valence-electron chi connectivity index (χ2n) is 6.35. The Balaban J connectivity index is 1.47. The third kappa shape index (κ3) is 3.46. The van der Waals surface area contributed by atoms with Crippen LogP contribution >= 0.6 is 11.8 Å². The molecular formula is C15H27NO2S. The summed E-state index contributed by atoms with van der Waals surface area (Å²) >= 11 is 2.04. The lowest BCUT2D eigenvalue weighted by molar-refractivity contribution is -0.141. The number of ether oxygens (including phenoxy) is 2. The van der Waals surface area contributed by atoms with Crippen molar-refractivity contribution in [3.63, 3.8) is 0 Å². The molecule has 0 radical (unpaired) electrons. The lowest BCUT2D eigenvalue weighted by Gasteiger charge is -2.40. The molecule has 0 amide bonds. The van der Waals surface area contributed by atoms with Gasteiger partial charge in [-0.1, -0.05) is 0 Å². The number of thioether (sulfide) groups is 1. The van der Waals surface area contributed by atoms with Gasteiger partial charge in [-0.05, 0) is 51.3 Å². The standard InChI is InChI=1S/C15H27NO2S/c1-16-12-2-4-13(5-3-12)18-14-6-8-17-15(10-14)7-9-19-11-15/h12-14,16H,2-11H2,1H3. The quantitative estimate of drug-likeness (QED) is 0.863. The molecule has 3 aliphatic rings. The predicted molar refractivity (Wildman–Crippen MR) is 79.8 cm³/mol. The first-order valence-electron chi connectivity index (χ1n) is 7.84. The molecule has 1 saturated carbocycles. The van der Waals surface area contributed by atoms with Gasteiger partial charge in [0.1, 0.15) is 0 Å². The first-order valence-corrected chi connectivity index (χ1v) is 9.00. The first kappa shape index (κ1) is 14.2. The fourth-order valence-electron chi connectivity index (χ4n) is 3.72. The molecule has 0 aromatic rings. The van der Waals surface area contributed by atoms with E-state index in [0.717, 1.165) is 19.4 Å². The van der Waals surface area contributed by atoms with Crippen molar-refractivity contribution in [1.29, 1.82) is 0 Å². The summed E-state index contributed by atoms with van der Waals surface area (Å²) in [5.74, 6) is 2.44.